The van der Waals surface area contributed by atoms with Gasteiger partial charge in [0.15, 0.2) is 0 Å². The highest BCUT2D eigenvalue weighted by Gasteiger charge is 2.26. The molecule has 3 amide bonds. The Morgan fingerprint density at radius 2 is 2.25 bits per heavy atom. The Balaban J connectivity index is 2.40. The summed E-state index contributed by atoms with van der Waals surface area (Å²) in [6, 6.07) is -0.852. The maximum Gasteiger partial charge on any atom is 0.318 e. The lowest BCUT2D eigenvalue weighted by Crippen LogP contribution is -2.47. The van der Waals surface area contributed by atoms with Crippen LogP contribution in [-0.2, 0) is 9.53 Å². The van der Waals surface area contributed by atoms with E-state index < -0.39 is 18.0 Å². The maximum absolute atomic E-state index is 11.4. The molecule has 3 unspecified atom stereocenters. The maximum atomic E-state index is 11.4. The number of rotatable bonds is 3. The van der Waals surface area contributed by atoms with Crippen LogP contribution < -0.4 is 16.4 Å². The van der Waals surface area contributed by atoms with E-state index in [1.54, 1.807) is 6.92 Å². The molecule has 4 N–H and O–H groups in total. The molecule has 0 aliphatic carbocycles. The van der Waals surface area contributed by atoms with Crippen LogP contribution >= 0.6 is 0 Å². The fourth-order valence-electron chi connectivity index (χ4n) is 1.69. The van der Waals surface area contributed by atoms with E-state index in [9.17, 15) is 9.59 Å². The molecule has 92 valence electrons. The molecule has 1 rings (SSSR count). The van der Waals surface area contributed by atoms with E-state index in [1.807, 2.05) is 5.32 Å². The van der Waals surface area contributed by atoms with E-state index in [0.29, 0.717) is 5.92 Å². The Hall–Kier alpha value is -1.14. The van der Waals surface area contributed by atoms with Crippen LogP contribution in [0.1, 0.15) is 20.3 Å². The third-order valence-electron chi connectivity index (χ3n) is 2.75. The Kier molecular flexibility index (Phi) is 4.70. The van der Waals surface area contributed by atoms with Crippen LogP contribution in [0.15, 0.2) is 0 Å². The molecule has 0 saturated carbocycles. The number of hydrogen-bond donors (Lipinski definition) is 3. The smallest absolute Gasteiger partial charge is 0.318 e. The zero-order valence-electron chi connectivity index (χ0n) is 9.66. The van der Waals surface area contributed by atoms with Crippen LogP contribution in [0.4, 0.5) is 4.79 Å². The van der Waals surface area contributed by atoms with Crippen molar-refractivity contribution in [1.82, 2.24) is 10.6 Å². The highest BCUT2D eigenvalue weighted by molar-refractivity contribution is 5.95. The van der Waals surface area contributed by atoms with Gasteiger partial charge in [0, 0.05) is 6.54 Å². The van der Waals surface area contributed by atoms with E-state index in [2.05, 4.69) is 12.2 Å². The number of amides is 3. The first-order valence-corrected chi connectivity index (χ1v) is 5.47. The summed E-state index contributed by atoms with van der Waals surface area (Å²) in [7, 11) is 0. The standard InChI is InChI=1S/C10H19N3O3/c1-6-3-4-12-5-8(6)16-7(2)9(14)13-10(11)15/h6-8,12H,3-5H2,1-2H3,(H3,11,13,14,15). The molecular formula is C10H19N3O3. The highest BCUT2D eigenvalue weighted by Crippen LogP contribution is 2.16. The quantitative estimate of drug-likeness (QED) is 0.613. The Morgan fingerprint density at radius 3 is 2.81 bits per heavy atom. The van der Waals surface area contributed by atoms with Crippen LogP contribution in [0.3, 0.4) is 0 Å². The third-order valence-corrected chi connectivity index (χ3v) is 2.75. The molecule has 3 atom stereocenters. The summed E-state index contributed by atoms with van der Waals surface area (Å²) >= 11 is 0. The highest BCUT2D eigenvalue weighted by atomic mass is 16.5. The summed E-state index contributed by atoms with van der Waals surface area (Å²) in [6.07, 6.45) is 0.358. The Bertz CT molecular complexity index is 270. The lowest BCUT2D eigenvalue weighted by molar-refractivity contribution is -0.136. The number of nitrogens with two attached hydrogens (primary N) is 1. The SMILES string of the molecule is CC(OC1CNCCC1C)C(=O)NC(N)=O. The first kappa shape index (κ1) is 12.9. The topological polar surface area (TPSA) is 93.4 Å². The largest absolute Gasteiger partial charge is 0.364 e. The molecular weight excluding hydrogens is 210 g/mol. The summed E-state index contributed by atoms with van der Waals surface area (Å²) in [5.74, 6) is -0.0876. The minimum absolute atomic E-state index is 0.00220. The average molecular weight is 229 g/mol. The molecule has 0 aromatic rings. The molecule has 1 heterocycles. The second kappa shape index (κ2) is 5.81. The minimum Gasteiger partial charge on any atom is -0.364 e. The monoisotopic (exact) mass is 229 g/mol. The van der Waals surface area contributed by atoms with Gasteiger partial charge in [0.1, 0.15) is 6.10 Å². The first-order valence-electron chi connectivity index (χ1n) is 5.47. The van der Waals surface area contributed by atoms with Crippen LogP contribution in [0.5, 0.6) is 0 Å². The fourth-order valence-corrected chi connectivity index (χ4v) is 1.69. The van der Waals surface area contributed by atoms with Gasteiger partial charge in [0.2, 0.25) is 0 Å². The van der Waals surface area contributed by atoms with Gasteiger partial charge in [-0.25, -0.2) is 4.79 Å². The molecule has 6 heteroatoms. The molecule has 1 fully saturated rings. The van der Waals surface area contributed by atoms with Crippen molar-refractivity contribution in [3.8, 4) is 0 Å². The number of urea groups is 1. The number of nitrogens with one attached hydrogen (secondary N) is 2. The first-order chi connectivity index (χ1) is 7.50. The summed E-state index contributed by atoms with van der Waals surface area (Å²) in [5, 5.41) is 5.20. The predicted molar refractivity (Wildman–Crippen MR) is 58.7 cm³/mol. The average Bonchev–Trinajstić information content (AvgIpc) is 2.20. The zero-order chi connectivity index (χ0) is 12.1. The summed E-state index contributed by atoms with van der Waals surface area (Å²) in [6.45, 7) is 5.40. The van der Waals surface area contributed by atoms with Gasteiger partial charge in [0.25, 0.3) is 5.91 Å². The molecule has 0 aromatic carbocycles. The van der Waals surface area contributed by atoms with Crippen molar-refractivity contribution in [2.24, 2.45) is 11.7 Å². The Morgan fingerprint density at radius 1 is 1.56 bits per heavy atom. The van der Waals surface area contributed by atoms with E-state index in [4.69, 9.17) is 10.5 Å². The molecule has 1 aliphatic rings. The molecule has 16 heavy (non-hydrogen) atoms. The number of piperidine rings is 1. The van der Waals surface area contributed by atoms with Gasteiger partial charge >= 0.3 is 6.03 Å². The van der Waals surface area contributed by atoms with Gasteiger partial charge in [-0.2, -0.15) is 0 Å². The third kappa shape index (κ3) is 3.79. The van der Waals surface area contributed by atoms with Gasteiger partial charge in [-0.3, -0.25) is 10.1 Å². The Labute approximate surface area is 94.9 Å². The van der Waals surface area contributed by atoms with Crippen molar-refractivity contribution in [2.75, 3.05) is 13.1 Å². The predicted octanol–water partition coefficient (Wildman–Crippen LogP) is -0.416. The van der Waals surface area contributed by atoms with Gasteiger partial charge in [-0.15, -0.1) is 0 Å². The second-order valence-corrected chi connectivity index (χ2v) is 4.14. The van der Waals surface area contributed by atoms with Crippen LogP contribution in [0, 0.1) is 5.92 Å². The van der Waals surface area contributed by atoms with Crippen molar-refractivity contribution in [1.29, 1.82) is 0 Å². The van der Waals surface area contributed by atoms with Crippen molar-refractivity contribution >= 4 is 11.9 Å². The normalized spacial score (nSPS) is 27.1. The van der Waals surface area contributed by atoms with E-state index in [1.165, 1.54) is 0 Å². The van der Waals surface area contributed by atoms with Crippen molar-refractivity contribution in [2.45, 2.75) is 32.5 Å². The summed E-state index contributed by atoms with van der Waals surface area (Å²) < 4.78 is 5.58. The number of carbonyl (C=O) groups is 2. The number of ether oxygens (including phenoxy) is 1. The molecule has 0 bridgehead atoms. The van der Waals surface area contributed by atoms with Crippen LogP contribution in [0.2, 0.25) is 0 Å². The van der Waals surface area contributed by atoms with Gasteiger partial charge in [0.05, 0.1) is 6.10 Å². The van der Waals surface area contributed by atoms with Gasteiger partial charge in [-0.1, -0.05) is 6.92 Å². The molecule has 1 saturated heterocycles. The molecule has 0 spiro atoms. The number of carbonyl (C=O) groups excluding carboxylic acids is 2. The van der Waals surface area contributed by atoms with Crippen molar-refractivity contribution in [3.63, 3.8) is 0 Å². The van der Waals surface area contributed by atoms with E-state index in [-0.39, 0.29) is 6.10 Å². The fraction of sp³-hybridized carbons (Fsp3) is 0.800. The lowest BCUT2D eigenvalue weighted by atomic mass is 9.97. The zero-order valence-corrected chi connectivity index (χ0v) is 9.66. The number of imide groups is 1. The number of hydrogen-bond acceptors (Lipinski definition) is 4. The van der Waals surface area contributed by atoms with Crippen molar-refractivity contribution < 1.29 is 14.3 Å². The summed E-state index contributed by atoms with van der Waals surface area (Å²) in [4.78, 5) is 21.9. The van der Waals surface area contributed by atoms with Crippen LogP contribution in [-0.4, -0.2) is 37.2 Å². The summed E-state index contributed by atoms with van der Waals surface area (Å²) in [5.41, 5.74) is 4.85. The number of primary amides is 1. The van der Waals surface area contributed by atoms with Gasteiger partial charge in [-0.05, 0) is 25.8 Å². The lowest BCUT2D eigenvalue weighted by Gasteiger charge is -2.31. The van der Waals surface area contributed by atoms with Crippen molar-refractivity contribution in [3.05, 3.63) is 0 Å². The molecule has 0 radical (unpaired) electrons. The van der Waals surface area contributed by atoms with E-state index in [0.717, 1.165) is 19.5 Å². The molecule has 0 aromatic heterocycles. The van der Waals surface area contributed by atoms with Crippen LogP contribution in [0.25, 0.3) is 0 Å². The van der Waals surface area contributed by atoms with E-state index >= 15 is 0 Å². The minimum atomic E-state index is -0.852. The van der Waals surface area contributed by atoms with Gasteiger partial charge < -0.3 is 15.8 Å². The second-order valence-electron chi connectivity index (χ2n) is 4.14. The molecule has 6 nitrogen and oxygen atoms in total. The molecule has 1 aliphatic heterocycles.